The van der Waals surface area contributed by atoms with Crippen LogP contribution in [0, 0.1) is 0 Å². The number of nitrogens with zero attached hydrogens (tertiary/aromatic N) is 1. The van der Waals surface area contributed by atoms with E-state index >= 15 is 0 Å². The Kier molecular flexibility index (Phi) is 8.40. The van der Waals surface area contributed by atoms with E-state index in [0.717, 1.165) is 6.20 Å². The van der Waals surface area contributed by atoms with Crippen molar-refractivity contribution in [3.63, 3.8) is 0 Å². The third-order valence-electron chi connectivity index (χ3n) is 5.51. The number of methoxy groups -OCH3 is 1. The third kappa shape index (κ3) is 6.55. The quantitative estimate of drug-likeness (QED) is 0.277. The summed E-state index contributed by atoms with van der Waals surface area (Å²) < 4.78 is 65.0. The summed E-state index contributed by atoms with van der Waals surface area (Å²) in [6.45, 7) is -3.25. The van der Waals surface area contributed by atoms with Gasteiger partial charge in [0, 0.05) is 34.2 Å². The van der Waals surface area contributed by atoms with Crippen molar-refractivity contribution in [2.75, 3.05) is 12.4 Å². The second-order valence-electron chi connectivity index (χ2n) is 8.05. The summed E-state index contributed by atoms with van der Waals surface area (Å²) in [4.78, 5) is 16.3. The molecule has 1 aromatic heterocycles. The molecule has 0 bridgehead atoms. The molecule has 198 valence electrons. The molecule has 0 atom stereocenters. The molecule has 0 spiro atoms. The standard InChI is InChI=1S/C26H22ClF2N3O5S/c1-36-19-8-6-16(7-9-19)15-31-38(34,35)23-14-18(32-24(33)12-17-4-2-3-5-22(17)27)13-21-20(23)10-11-30-25(21)37-26(28)29/h2-11,13-14,26,31H,12,15H2,1H3,(H,32,33). The van der Waals surface area contributed by atoms with E-state index < -0.39 is 28.4 Å². The Morgan fingerprint density at radius 3 is 2.47 bits per heavy atom. The van der Waals surface area contributed by atoms with Crippen molar-refractivity contribution in [3.05, 3.63) is 89.1 Å². The molecule has 0 aliphatic heterocycles. The largest absolute Gasteiger partial charge is 0.497 e. The number of alkyl halides is 2. The first-order chi connectivity index (χ1) is 18.2. The summed E-state index contributed by atoms with van der Waals surface area (Å²) in [6.07, 6.45) is 1.07. The number of nitrogens with one attached hydrogen (secondary N) is 2. The van der Waals surface area contributed by atoms with Crippen LogP contribution in [-0.4, -0.2) is 33.0 Å². The SMILES string of the molecule is COc1ccc(CNS(=O)(=O)c2cc(NC(=O)Cc3ccccc3Cl)cc3c(OC(F)F)nccc23)cc1. The average molecular weight is 562 g/mol. The van der Waals surface area contributed by atoms with Crippen LogP contribution in [0.15, 0.2) is 77.8 Å². The summed E-state index contributed by atoms with van der Waals surface area (Å²) in [6, 6.07) is 17.5. The zero-order valence-corrected chi connectivity index (χ0v) is 21.5. The minimum Gasteiger partial charge on any atom is -0.497 e. The number of pyridine rings is 1. The number of anilines is 1. The van der Waals surface area contributed by atoms with Gasteiger partial charge >= 0.3 is 6.61 Å². The van der Waals surface area contributed by atoms with Crippen LogP contribution in [0.25, 0.3) is 10.8 Å². The van der Waals surface area contributed by atoms with Crippen molar-refractivity contribution in [2.24, 2.45) is 0 Å². The van der Waals surface area contributed by atoms with Gasteiger partial charge < -0.3 is 14.8 Å². The average Bonchev–Trinajstić information content (AvgIpc) is 2.89. The first-order valence-electron chi connectivity index (χ1n) is 11.2. The van der Waals surface area contributed by atoms with Crippen molar-refractivity contribution in [1.29, 1.82) is 0 Å². The maximum absolute atomic E-state index is 13.4. The minimum absolute atomic E-state index is 0.0202. The number of benzene rings is 3. The number of halogens is 3. The molecule has 4 aromatic rings. The van der Waals surface area contributed by atoms with E-state index in [9.17, 15) is 22.0 Å². The predicted octanol–water partition coefficient (Wildman–Crippen LogP) is 5.16. The van der Waals surface area contributed by atoms with Gasteiger partial charge in [-0.2, -0.15) is 8.78 Å². The van der Waals surface area contributed by atoms with Gasteiger partial charge in [-0.1, -0.05) is 41.9 Å². The number of carbonyl (C=O) groups excluding carboxylic acids is 1. The Bertz CT molecular complexity index is 1570. The number of amides is 1. The van der Waals surface area contributed by atoms with Gasteiger partial charge in [0.05, 0.1) is 18.4 Å². The normalized spacial score (nSPS) is 11.5. The molecule has 0 aliphatic carbocycles. The first-order valence-corrected chi connectivity index (χ1v) is 13.1. The second-order valence-corrected chi connectivity index (χ2v) is 10.2. The fraction of sp³-hybridized carbons (Fsp3) is 0.154. The van der Waals surface area contributed by atoms with Crippen LogP contribution in [0.1, 0.15) is 11.1 Å². The van der Waals surface area contributed by atoms with E-state index in [1.54, 1.807) is 48.5 Å². The molecular formula is C26H22ClF2N3O5S. The van der Waals surface area contributed by atoms with Crippen LogP contribution in [0.3, 0.4) is 0 Å². The second kappa shape index (κ2) is 11.7. The number of fused-ring (bicyclic) bond motifs is 1. The Morgan fingerprint density at radius 2 is 1.79 bits per heavy atom. The summed E-state index contributed by atoms with van der Waals surface area (Å²) in [5, 5.41) is 3.07. The monoisotopic (exact) mass is 561 g/mol. The van der Waals surface area contributed by atoms with E-state index in [1.165, 1.54) is 25.3 Å². The highest BCUT2D eigenvalue weighted by atomic mass is 35.5. The molecule has 0 aliphatic rings. The van der Waals surface area contributed by atoms with E-state index in [1.807, 2.05) is 0 Å². The van der Waals surface area contributed by atoms with Gasteiger partial charge in [0.15, 0.2) is 0 Å². The van der Waals surface area contributed by atoms with Gasteiger partial charge in [0.25, 0.3) is 0 Å². The molecule has 0 saturated heterocycles. The lowest BCUT2D eigenvalue weighted by atomic mass is 10.1. The number of carbonyl (C=O) groups is 1. The molecule has 8 nitrogen and oxygen atoms in total. The molecule has 0 fully saturated rings. The molecule has 38 heavy (non-hydrogen) atoms. The van der Waals surface area contributed by atoms with Gasteiger partial charge in [0.2, 0.25) is 21.8 Å². The van der Waals surface area contributed by atoms with Crippen LogP contribution >= 0.6 is 11.6 Å². The van der Waals surface area contributed by atoms with Crippen LogP contribution < -0.4 is 19.5 Å². The molecule has 12 heteroatoms. The number of ether oxygens (including phenoxy) is 2. The Morgan fingerprint density at radius 1 is 1.05 bits per heavy atom. The van der Waals surface area contributed by atoms with Gasteiger partial charge in [-0.15, -0.1) is 0 Å². The number of sulfonamides is 1. The number of aromatic nitrogens is 1. The highest BCUT2D eigenvalue weighted by molar-refractivity contribution is 7.89. The molecule has 0 saturated carbocycles. The molecular weight excluding hydrogens is 540 g/mol. The highest BCUT2D eigenvalue weighted by Gasteiger charge is 2.22. The molecule has 3 aromatic carbocycles. The number of hydrogen-bond donors (Lipinski definition) is 2. The lowest BCUT2D eigenvalue weighted by Crippen LogP contribution is -2.24. The molecule has 0 radical (unpaired) electrons. The van der Waals surface area contributed by atoms with Gasteiger partial charge in [0.1, 0.15) is 5.75 Å². The fourth-order valence-electron chi connectivity index (χ4n) is 3.72. The lowest BCUT2D eigenvalue weighted by Gasteiger charge is -2.15. The van der Waals surface area contributed by atoms with Crippen LogP contribution in [-0.2, 0) is 27.8 Å². The topological polar surface area (TPSA) is 107 Å². The Balaban J connectivity index is 1.70. The van der Waals surface area contributed by atoms with E-state index in [0.29, 0.717) is 21.9 Å². The third-order valence-corrected chi connectivity index (χ3v) is 7.32. The first kappa shape index (κ1) is 27.2. The number of rotatable bonds is 10. The molecule has 1 amide bonds. The fourth-order valence-corrected chi connectivity index (χ4v) is 5.18. The molecule has 0 unspecified atom stereocenters. The van der Waals surface area contributed by atoms with E-state index in [2.05, 4.69) is 19.8 Å². The van der Waals surface area contributed by atoms with Gasteiger partial charge in [-0.05, 0) is 47.5 Å². The summed E-state index contributed by atoms with van der Waals surface area (Å²) in [7, 11) is -2.68. The predicted molar refractivity (Wildman–Crippen MR) is 139 cm³/mol. The van der Waals surface area contributed by atoms with Crippen LogP contribution in [0.4, 0.5) is 14.5 Å². The zero-order chi connectivity index (χ0) is 27.3. The van der Waals surface area contributed by atoms with Crippen molar-refractivity contribution in [2.45, 2.75) is 24.5 Å². The van der Waals surface area contributed by atoms with Crippen molar-refractivity contribution in [3.8, 4) is 11.6 Å². The smallest absolute Gasteiger partial charge is 0.388 e. The van der Waals surface area contributed by atoms with Gasteiger partial charge in [-0.25, -0.2) is 18.1 Å². The number of hydrogen-bond acceptors (Lipinski definition) is 6. The van der Waals surface area contributed by atoms with Crippen molar-refractivity contribution < 1.29 is 31.5 Å². The summed E-state index contributed by atoms with van der Waals surface area (Å²) in [5.74, 6) is -0.361. The Labute approximate surface area is 222 Å². The lowest BCUT2D eigenvalue weighted by molar-refractivity contribution is -0.115. The zero-order valence-electron chi connectivity index (χ0n) is 20.0. The van der Waals surface area contributed by atoms with Crippen LogP contribution in [0.2, 0.25) is 5.02 Å². The summed E-state index contributed by atoms with van der Waals surface area (Å²) in [5.41, 5.74) is 1.27. The van der Waals surface area contributed by atoms with Gasteiger partial charge in [-0.3, -0.25) is 4.79 Å². The molecule has 2 N–H and O–H groups in total. The minimum atomic E-state index is -4.19. The van der Waals surface area contributed by atoms with E-state index in [4.69, 9.17) is 16.3 Å². The van der Waals surface area contributed by atoms with Crippen molar-refractivity contribution in [1.82, 2.24) is 9.71 Å². The van der Waals surface area contributed by atoms with E-state index in [-0.39, 0.29) is 34.3 Å². The Hall–Kier alpha value is -3.80. The maximum atomic E-state index is 13.4. The van der Waals surface area contributed by atoms with Crippen LogP contribution in [0.5, 0.6) is 11.6 Å². The molecule has 4 rings (SSSR count). The van der Waals surface area contributed by atoms with Crippen molar-refractivity contribution >= 4 is 44.0 Å². The maximum Gasteiger partial charge on any atom is 0.388 e. The molecule has 1 heterocycles. The summed E-state index contributed by atoms with van der Waals surface area (Å²) >= 11 is 6.14. The highest BCUT2D eigenvalue weighted by Crippen LogP contribution is 2.33.